The van der Waals surface area contributed by atoms with Gasteiger partial charge in [-0.15, -0.1) is 4.98 Å². The number of nitrogens with zero attached hydrogens (tertiary/aromatic N) is 3. The summed E-state index contributed by atoms with van der Waals surface area (Å²) in [4.78, 5) is 11.7. The van der Waals surface area contributed by atoms with Gasteiger partial charge in [-0.1, -0.05) is 28.1 Å². The molecule has 0 saturated carbocycles. The predicted octanol–water partition coefficient (Wildman–Crippen LogP) is 2.19. The number of aromatic nitrogens is 3. The lowest BCUT2D eigenvalue weighted by Crippen LogP contribution is -2.06. The van der Waals surface area contributed by atoms with Crippen LogP contribution in [0.25, 0.3) is 0 Å². The molecule has 2 aromatic rings. The lowest BCUT2D eigenvalue weighted by Gasteiger charge is -2.07. The molecule has 0 aliphatic carbocycles. The van der Waals surface area contributed by atoms with Crippen molar-refractivity contribution < 1.29 is 9.47 Å². The molecule has 0 saturated heterocycles. The summed E-state index contributed by atoms with van der Waals surface area (Å²) >= 11 is 3.40. The molecule has 1 heterocycles. The number of nitrogens with two attached hydrogens (primary N) is 1. The standard InChI is InChI=1S/C12H13BrN4O2/c1-2-18-11-15-10(14)16-12(17-11)19-7-8-4-3-5-9(13)6-8/h3-6H,2,7H2,1H3,(H2,14,15,16,17). The molecule has 6 nitrogen and oxygen atoms in total. The van der Waals surface area contributed by atoms with Crippen molar-refractivity contribution in [3.8, 4) is 12.0 Å². The summed E-state index contributed by atoms with van der Waals surface area (Å²) in [6.45, 7) is 2.63. The van der Waals surface area contributed by atoms with E-state index in [9.17, 15) is 0 Å². The van der Waals surface area contributed by atoms with E-state index in [0.29, 0.717) is 13.2 Å². The Bertz CT molecular complexity index is 565. The van der Waals surface area contributed by atoms with Crippen molar-refractivity contribution >= 4 is 21.9 Å². The zero-order valence-electron chi connectivity index (χ0n) is 10.3. The molecule has 0 aliphatic heterocycles. The second-order valence-corrected chi connectivity index (χ2v) is 4.53. The number of benzene rings is 1. The topological polar surface area (TPSA) is 83.2 Å². The zero-order chi connectivity index (χ0) is 13.7. The highest BCUT2D eigenvalue weighted by Gasteiger charge is 2.06. The Balaban J connectivity index is 2.06. The quantitative estimate of drug-likeness (QED) is 0.907. The van der Waals surface area contributed by atoms with Crippen molar-refractivity contribution in [1.29, 1.82) is 0 Å². The molecule has 0 radical (unpaired) electrons. The van der Waals surface area contributed by atoms with Gasteiger partial charge in [0, 0.05) is 4.47 Å². The summed E-state index contributed by atoms with van der Waals surface area (Å²) in [6, 6.07) is 8.08. The maximum atomic E-state index is 5.55. The lowest BCUT2D eigenvalue weighted by molar-refractivity contribution is 0.262. The third-order valence-electron chi connectivity index (χ3n) is 2.14. The fourth-order valence-electron chi connectivity index (χ4n) is 1.39. The first kappa shape index (κ1) is 13.5. The van der Waals surface area contributed by atoms with Gasteiger partial charge >= 0.3 is 12.0 Å². The summed E-state index contributed by atoms with van der Waals surface area (Å²) in [7, 11) is 0. The van der Waals surface area contributed by atoms with E-state index in [1.807, 2.05) is 31.2 Å². The lowest BCUT2D eigenvalue weighted by atomic mass is 10.2. The van der Waals surface area contributed by atoms with E-state index in [0.717, 1.165) is 10.0 Å². The average Bonchev–Trinajstić information content (AvgIpc) is 2.36. The van der Waals surface area contributed by atoms with Crippen LogP contribution in [0, 0.1) is 0 Å². The second kappa shape index (κ2) is 6.33. The molecule has 0 unspecified atom stereocenters. The molecular formula is C12H13BrN4O2. The molecule has 0 bridgehead atoms. The average molecular weight is 325 g/mol. The van der Waals surface area contributed by atoms with Gasteiger partial charge in [-0.2, -0.15) is 9.97 Å². The number of nitrogen functional groups attached to an aromatic ring is 1. The maximum Gasteiger partial charge on any atom is 0.324 e. The number of hydrogen-bond donors (Lipinski definition) is 1. The second-order valence-electron chi connectivity index (χ2n) is 3.61. The monoisotopic (exact) mass is 324 g/mol. The van der Waals surface area contributed by atoms with Crippen LogP contribution in [0.15, 0.2) is 28.7 Å². The number of ether oxygens (including phenoxy) is 2. The minimum atomic E-state index is 0.0719. The highest BCUT2D eigenvalue weighted by molar-refractivity contribution is 9.10. The molecule has 19 heavy (non-hydrogen) atoms. The highest BCUT2D eigenvalue weighted by Crippen LogP contribution is 2.15. The molecule has 0 aliphatic rings. The first-order valence-corrected chi connectivity index (χ1v) is 6.48. The fraction of sp³-hybridized carbons (Fsp3) is 0.250. The van der Waals surface area contributed by atoms with Gasteiger partial charge in [0.05, 0.1) is 6.61 Å². The van der Waals surface area contributed by atoms with E-state index in [1.165, 1.54) is 0 Å². The van der Waals surface area contributed by atoms with E-state index in [2.05, 4.69) is 30.9 Å². The fourth-order valence-corrected chi connectivity index (χ4v) is 1.83. The minimum absolute atomic E-state index is 0.0719. The van der Waals surface area contributed by atoms with E-state index in [-0.39, 0.29) is 18.0 Å². The Labute approximate surface area is 119 Å². The van der Waals surface area contributed by atoms with Crippen LogP contribution >= 0.6 is 15.9 Å². The van der Waals surface area contributed by atoms with Crippen LogP contribution in [-0.4, -0.2) is 21.6 Å². The molecule has 100 valence electrons. The third kappa shape index (κ3) is 4.06. The van der Waals surface area contributed by atoms with Gasteiger partial charge in [-0.3, -0.25) is 0 Å². The molecule has 2 N–H and O–H groups in total. The van der Waals surface area contributed by atoms with Crippen molar-refractivity contribution in [1.82, 2.24) is 15.0 Å². The molecule has 0 fully saturated rings. The van der Waals surface area contributed by atoms with Gasteiger partial charge in [0.15, 0.2) is 0 Å². The minimum Gasteiger partial charge on any atom is -0.464 e. The van der Waals surface area contributed by atoms with Crippen LogP contribution in [0.2, 0.25) is 0 Å². The zero-order valence-corrected chi connectivity index (χ0v) is 11.9. The van der Waals surface area contributed by atoms with E-state index < -0.39 is 0 Å². The number of halogens is 1. The van der Waals surface area contributed by atoms with Crippen LogP contribution in [0.3, 0.4) is 0 Å². The van der Waals surface area contributed by atoms with Gasteiger partial charge in [0.25, 0.3) is 0 Å². The molecule has 1 aromatic heterocycles. The number of anilines is 1. The summed E-state index contributed by atoms with van der Waals surface area (Å²) in [5.74, 6) is 0.0719. The SMILES string of the molecule is CCOc1nc(N)nc(OCc2cccc(Br)c2)n1. The molecule has 1 aromatic carbocycles. The molecule has 0 amide bonds. The molecule has 2 rings (SSSR count). The molecule has 0 spiro atoms. The third-order valence-corrected chi connectivity index (χ3v) is 2.64. The largest absolute Gasteiger partial charge is 0.464 e. The van der Waals surface area contributed by atoms with Crippen molar-refractivity contribution in [2.45, 2.75) is 13.5 Å². The summed E-state index contributed by atoms with van der Waals surface area (Å²) in [6.07, 6.45) is 0. The van der Waals surface area contributed by atoms with E-state index >= 15 is 0 Å². The van der Waals surface area contributed by atoms with Gasteiger partial charge < -0.3 is 15.2 Å². The van der Waals surface area contributed by atoms with Gasteiger partial charge in [0.2, 0.25) is 5.95 Å². The van der Waals surface area contributed by atoms with E-state index in [4.69, 9.17) is 15.2 Å². The van der Waals surface area contributed by atoms with Crippen molar-refractivity contribution in [2.75, 3.05) is 12.3 Å². The molecule has 7 heteroatoms. The van der Waals surface area contributed by atoms with Gasteiger partial charge in [-0.05, 0) is 24.6 Å². The Hall–Kier alpha value is -1.89. The molecular weight excluding hydrogens is 312 g/mol. The Morgan fingerprint density at radius 1 is 1.16 bits per heavy atom. The maximum absolute atomic E-state index is 5.55. The molecule has 0 atom stereocenters. The Kier molecular flexibility index (Phi) is 4.51. The Morgan fingerprint density at radius 2 is 1.89 bits per heavy atom. The smallest absolute Gasteiger partial charge is 0.324 e. The summed E-state index contributed by atoms with van der Waals surface area (Å²) in [5.41, 5.74) is 6.55. The number of hydrogen-bond acceptors (Lipinski definition) is 6. The van der Waals surface area contributed by atoms with Crippen LogP contribution in [0.1, 0.15) is 12.5 Å². The first-order chi connectivity index (χ1) is 9.17. The van der Waals surface area contributed by atoms with Crippen LogP contribution in [0.5, 0.6) is 12.0 Å². The number of rotatable bonds is 5. The highest BCUT2D eigenvalue weighted by atomic mass is 79.9. The predicted molar refractivity (Wildman–Crippen MR) is 73.9 cm³/mol. The van der Waals surface area contributed by atoms with Crippen molar-refractivity contribution in [2.24, 2.45) is 0 Å². The first-order valence-electron chi connectivity index (χ1n) is 5.69. The Morgan fingerprint density at radius 3 is 2.58 bits per heavy atom. The van der Waals surface area contributed by atoms with Crippen LogP contribution in [0.4, 0.5) is 5.95 Å². The van der Waals surface area contributed by atoms with Crippen molar-refractivity contribution in [3.63, 3.8) is 0 Å². The van der Waals surface area contributed by atoms with Crippen molar-refractivity contribution in [3.05, 3.63) is 34.3 Å². The van der Waals surface area contributed by atoms with Gasteiger partial charge in [0.1, 0.15) is 6.61 Å². The summed E-state index contributed by atoms with van der Waals surface area (Å²) < 4.78 is 11.6. The van der Waals surface area contributed by atoms with Crippen LogP contribution in [-0.2, 0) is 6.61 Å². The van der Waals surface area contributed by atoms with E-state index in [1.54, 1.807) is 0 Å². The van der Waals surface area contributed by atoms with Crippen LogP contribution < -0.4 is 15.2 Å². The summed E-state index contributed by atoms with van der Waals surface area (Å²) in [5, 5.41) is 0. The normalized spacial score (nSPS) is 10.2. The van der Waals surface area contributed by atoms with Gasteiger partial charge in [-0.25, -0.2) is 0 Å².